The summed E-state index contributed by atoms with van der Waals surface area (Å²) >= 11 is 1.62. The van der Waals surface area contributed by atoms with Gasteiger partial charge in [0.05, 0.1) is 10.7 Å². The summed E-state index contributed by atoms with van der Waals surface area (Å²) in [6.07, 6.45) is 0.734. The number of aromatic nitrogens is 1. The maximum atomic E-state index is 11.8. The molecule has 5 nitrogen and oxygen atoms in total. The van der Waals surface area contributed by atoms with Crippen molar-refractivity contribution < 1.29 is 4.79 Å². The zero-order valence-electron chi connectivity index (χ0n) is 12.2. The monoisotopic (exact) mass is 304 g/mol. The van der Waals surface area contributed by atoms with Gasteiger partial charge in [-0.25, -0.2) is 9.78 Å². The Bertz CT molecular complexity index is 609. The number of nitrogens with zero attached hydrogens (tertiary/aromatic N) is 1. The summed E-state index contributed by atoms with van der Waals surface area (Å²) in [5.41, 5.74) is 8.57. The summed E-state index contributed by atoms with van der Waals surface area (Å²) in [6.45, 7) is 4.44. The molecule has 1 heterocycles. The molecular formula is C15H20N4OS. The Morgan fingerprint density at radius 1 is 1.48 bits per heavy atom. The number of nitrogens with two attached hydrogens (primary N) is 1. The highest BCUT2D eigenvalue weighted by atomic mass is 32.1. The second kappa shape index (κ2) is 7.19. The molecule has 0 spiro atoms. The van der Waals surface area contributed by atoms with Gasteiger partial charge in [-0.15, -0.1) is 11.3 Å². The third-order valence-corrected chi connectivity index (χ3v) is 3.83. The first kappa shape index (κ1) is 15.5. The van der Waals surface area contributed by atoms with Crippen LogP contribution in [0.4, 0.5) is 10.5 Å². The van der Waals surface area contributed by atoms with Crippen LogP contribution in [0, 0.1) is 6.92 Å². The van der Waals surface area contributed by atoms with E-state index in [2.05, 4.69) is 15.6 Å². The highest BCUT2D eigenvalue weighted by molar-refractivity contribution is 7.09. The number of amides is 2. The van der Waals surface area contributed by atoms with Crippen LogP contribution in [0.15, 0.2) is 29.6 Å². The van der Waals surface area contributed by atoms with Crippen molar-refractivity contribution in [2.45, 2.75) is 26.3 Å². The molecule has 1 aromatic carbocycles. The molecule has 0 saturated heterocycles. The van der Waals surface area contributed by atoms with Gasteiger partial charge in [0.1, 0.15) is 0 Å². The lowest BCUT2D eigenvalue weighted by atomic mass is 10.1. The third-order valence-electron chi connectivity index (χ3n) is 3.00. The molecule has 1 atom stereocenters. The van der Waals surface area contributed by atoms with Gasteiger partial charge in [0.2, 0.25) is 0 Å². The van der Waals surface area contributed by atoms with Crippen molar-refractivity contribution in [1.82, 2.24) is 10.3 Å². The van der Waals surface area contributed by atoms with Gasteiger partial charge in [0, 0.05) is 30.1 Å². The van der Waals surface area contributed by atoms with E-state index in [1.54, 1.807) is 11.3 Å². The van der Waals surface area contributed by atoms with Gasteiger partial charge in [-0.1, -0.05) is 12.1 Å². The minimum atomic E-state index is -0.219. The van der Waals surface area contributed by atoms with E-state index >= 15 is 0 Å². The van der Waals surface area contributed by atoms with Crippen molar-refractivity contribution >= 4 is 23.1 Å². The number of carbonyl (C=O) groups is 1. The van der Waals surface area contributed by atoms with Crippen molar-refractivity contribution in [3.8, 4) is 0 Å². The highest BCUT2D eigenvalue weighted by Gasteiger charge is 2.05. The molecule has 2 amide bonds. The molecular weight excluding hydrogens is 284 g/mol. The van der Waals surface area contributed by atoms with Gasteiger partial charge in [0.25, 0.3) is 0 Å². The van der Waals surface area contributed by atoms with Crippen LogP contribution in [0.25, 0.3) is 0 Å². The summed E-state index contributed by atoms with van der Waals surface area (Å²) in [6, 6.07) is 7.28. The van der Waals surface area contributed by atoms with Crippen LogP contribution in [0.3, 0.4) is 0 Å². The third kappa shape index (κ3) is 4.84. The first-order valence-corrected chi connectivity index (χ1v) is 7.74. The fraction of sp³-hybridized carbons (Fsp3) is 0.333. The number of benzene rings is 1. The maximum absolute atomic E-state index is 11.8. The normalized spacial score (nSPS) is 12.0. The van der Waals surface area contributed by atoms with Crippen LogP contribution < -0.4 is 16.4 Å². The zero-order valence-corrected chi connectivity index (χ0v) is 13.0. The minimum absolute atomic E-state index is 0.0530. The quantitative estimate of drug-likeness (QED) is 0.794. The molecule has 1 aromatic heterocycles. The Morgan fingerprint density at radius 3 is 2.95 bits per heavy atom. The topological polar surface area (TPSA) is 80.0 Å². The number of thiazole rings is 1. The minimum Gasteiger partial charge on any atom is -0.337 e. The SMILES string of the molecule is Cc1nc(CCNC(=O)Nc2cccc(C(C)N)c2)cs1. The number of rotatable bonds is 5. The van der Waals surface area contributed by atoms with Gasteiger partial charge in [0.15, 0.2) is 0 Å². The average Bonchev–Trinajstić information content (AvgIpc) is 2.84. The van der Waals surface area contributed by atoms with Crippen LogP contribution in [-0.4, -0.2) is 17.6 Å². The maximum Gasteiger partial charge on any atom is 0.319 e. The summed E-state index contributed by atoms with van der Waals surface area (Å²) in [5, 5.41) is 8.68. The predicted molar refractivity (Wildman–Crippen MR) is 86.6 cm³/mol. The molecule has 0 bridgehead atoms. The number of aryl methyl sites for hydroxylation is 1. The van der Waals surface area contributed by atoms with Crippen LogP contribution in [-0.2, 0) is 6.42 Å². The largest absolute Gasteiger partial charge is 0.337 e. The van der Waals surface area contributed by atoms with Crippen LogP contribution in [0.1, 0.15) is 29.2 Å². The summed E-state index contributed by atoms with van der Waals surface area (Å²) in [4.78, 5) is 16.2. The second-order valence-electron chi connectivity index (χ2n) is 4.90. The molecule has 0 saturated carbocycles. The van der Waals surface area contributed by atoms with Crippen LogP contribution in [0.2, 0.25) is 0 Å². The van der Waals surface area contributed by atoms with Gasteiger partial charge in [-0.3, -0.25) is 0 Å². The highest BCUT2D eigenvalue weighted by Crippen LogP contribution is 2.15. The van der Waals surface area contributed by atoms with Crippen molar-refractivity contribution in [3.63, 3.8) is 0 Å². The molecule has 6 heteroatoms. The number of nitrogens with one attached hydrogen (secondary N) is 2. The molecule has 2 rings (SSSR count). The van der Waals surface area contributed by atoms with E-state index in [0.717, 1.165) is 28.4 Å². The number of anilines is 1. The van der Waals surface area contributed by atoms with Crippen LogP contribution >= 0.6 is 11.3 Å². The lowest BCUT2D eigenvalue weighted by Crippen LogP contribution is -2.30. The van der Waals surface area contributed by atoms with Crippen molar-refractivity contribution in [1.29, 1.82) is 0 Å². The van der Waals surface area contributed by atoms with Crippen molar-refractivity contribution in [2.24, 2.45) is 5.73 Å². The summed E-state index contributed by atoms with van der Waals surface area (Å²) in [5.74, 6) is 0. The Kier molecular flexibility index (Phi) is 5.30. The van der Waals surface area contributed by atoms with Gasteiger partial charge in [-0.2, -0.15) is 0 Å². The molecule has 21 heavy (non-hydrogen) atoms. The predicted octanol–water partition coefficient (Wildman–Crippen LogP) is 2.84. The molecule has 0 aliphatic carbocycles. The van der Waals surface area contributed by atoms with Gasteiger partial charge in [-0.05, 0) is 31.5 Å². The Morgan fingerprint density at radius 2 is 2.29 bits per heavy atom. The van der Waals surface area contributed by atoms with Gasteiger partial charge >= 0.3 is 6.03 Å². The Labute approximate surface area is 128 Å². The molecule has 0 fully saturated rings. The van der Waals surface area contributed by atoms with E-state index in [1.165, 1.54) is 0 Å². The van der Waals surface area contributed by atoms with Crippen molar-refractivity contribution in [2.75, 3.05) is 11.9 Å². The molecule has 0 radical (unpaired) electrons. The molecule has 0 aliphatic rings. The first-order valence-electron chi connectivity index (χ1n) is 6.86. The zero-order chi connectivity index (χ0) is 15.2. The number of hydrogen-bond donors (Lipinski definition) is 3. The standard InChI is InChI=1S/C15H20N4OS/c1-10(16)12-4-3-5-13(8-12)19-15(20)17-7-6-14-9-21-11(2)18-14/h3-5,8-10H,6-7,16H2,1-2H3,(H2,17,19,20). The Balaban J connectivity index is 1.80. The van der Waals surface area contributed by atoms with E-state index in [9.17, 15) is 4.79 Å². The smallest absolute Gasteiger partial charge is 0.319 e. The van der Waals surface area contributed by atoms with E-state index < -0.39 is 0 Å². The summed E-state index contributed by atoms with van der Waals surface area (Å²) < 4.78 is 0. The number of hydrogen-bond acceptors (Lipinski definition) is 4. The van der Waals surface area contributed by atoms with Crippen molar-refractivity contribution in [3.05, 3.63) is 45.9 Å². The molecule has 4 N–H and O–H groups in total. The lowest BCUT2D eigenvalue weighted by Gasteiger charge is -2.10. The van der Waals surface area contributed by atoms with E-state index in [-0.39, 0.29) is 12.1 Å². The average molecular weight is 304 g/mol. The van der Waals surface area contributed by atoms with E-state index in [1.807, 2.05) is 43.5 Å². The van der Waals surface area contributed by atoms with E-state index in [4.69, 9.17) is 5.73 Å². The molecule has 112 valence electrons. The number of urea groups is 1. The van der Waals surface area contributed by atoms with Crippen LogP contribution in [0.5, 0.6) is 0 Å². The second-order valence-corrected chi connectivity index (χ2v) is 5.97. The van der Waals surface area contributed by atoms with Gasteiger partial charge < -0.3 is 16.4 Å². The molecule has 1 unspecified atom stereocenters. The molecule has 0 aliphatic heterocycles. The fourth-order valence-electron chi connectivity index (χ4n) is 1.90. The lowest BCUT2D eigenvalue weighted by molar-refractivity contribution is 0.252. The number of carbonyl (C=O) groups excluding carboxylic acids is 1. The van der Waals surface area contributed by atoms with E-state index in [0.29, 0.717) is 6.54 Å². The molecule has 2 aromatic rings. The Hall–Kier alpha value is -1.92. The first-order chi connectivity index (χ1) is 10.0. The fourth-order valence-corrected chi connectivity index (χ4v) is 2.55. The summed E-state index contributed by atoms with van der Waals surface area (Å²) in [7, 11) is 0.